The Morgan fingerprint density at radius 3 is 2.03 bits per heavy atom. The SMILES string of the molecule is CC(C)(C)Cn1cc([C@H](NS(=O)C(C)(C)C)C(F)(F)F)c2cc(F)c(-c3ccccc3C(F)(F)F)cc21. The molecule has 0 saturated heterocycles. The van der Waals surface area contributed by atoms with Gasteiger partial charge in [0.15, 0.2) is 0 Å². The number of aromatic nitrogens is 1. The third kappa shape index (κ3) is 6.54. The lowest BCUT2D eigenvalue weighted by atomic mass is 9.95. The van der Waals surface area contributed by atoms with E-state index in [1.54, 1.807) is 0 Å². The summed E-state index contributed by atoms with van der Waals surface area (Å²) in [5.41, 5.74) is -2.52. The average molecular weight is 551 g/mol. The zero-order valence-electron chi connectivity index (χ0n) is 21.2. The summed E-state index contributed by atoms with van der Waals surface area (Å²) in [6, 6.07) is 4.04. The first-order valence-electron chi connectivity index (χ1n) is 11.4. The number of nitrogens with one attached hydrogen (secondary N) is 1. The molecule has 3 aromatic rings. The Kier molecular flexibility index (Phi) is 7.66. The first-order valence-corrected chi connectivity index (χ1v) is 12.6. The molecule has 3 rings (SSSR count). The molecule has 37 heavy (non-hydrogen) atoms. The number of rotatable bonds is 5. The Hall–Kier alpha value is -2.40. The van der Waals surface area contributed by atoms with Crippen LogP contribution in [0.25, 0.3) is 22.0 Å². The molecule has 0 fully saturated rings. The second-order valence-electron chi connectivity index (χ2n) is 11.1. The number of halogens is 7. The van der Waals surface area contributed by atoms with Gasteiger partial charge in [-0.25, -0.2) is 13.3 Å². The number of benzene rings is 2. The van der Waals surface area contributed by atoms with Crippen LogP contribution in [-0.2, 0) is 23.7 Å². The Morgan fingerprint density at radius 1 is 0.919 bits per heavy atom. The number of fused-ring (bicyclic) bond motifs is 1. The van der Waals surface area contributed by atoms with E-state index in [4.69, 9.17) is 0 Å². The van der Waals surface area contributed by atoms with Gasteiger partial charge in [0, 0.05) is 34.8 Å². The molecule has 11 heteroatoms. The minimum absolute atomic E-state index is 0.129. The minimum Gasteiger partial charge on any atom is -0.347 e. The van der Waals surface area contributed by atoms with E-state index in [0.29, 0.717) is 0 Å². The van der Waals surface area contributed by atoms with Gasteiger partial charge in [-0.15, -0.1) is 0 Å². The molecule has 1 heterocycles. The number of alkyl halides is 6. The lowest BCUT2D eigenvalue weighted by molar-refractivity contribution is -0.152. The van der Waals surface area contributed by atoms with Crippen molar-refractivity contribution in [1.82, 2.24) is 9.29 Å². The normalized spacial score (nSPS) is 15.3. The first-order chi connectivity index (χ1) is 16.7. The monoisotopic (exact) mass is 550 g/mol. The highest BCUT2D eigenvalue weighted by Gasteiger charge is 2.45. The van der Waals surface area contributed by atoms with E-state index in [0.717, 1.165) is 24.3 Å². The van der Waals surface area contributed by atoms with Gasteiger partial charge in [0.2, 0.25) is 0 Å². The van der Waals surface area contributed by atoms with Crippen LogP contribution in [0.1, 0.15) is 58.7 Å². The van der Waals surface area contributed by atoms with Crippen LogP contribution in [0.4, 0.5) is 30.7 Å². The Morgan fingerprint density at radius 2 is 1.51 bits per heavy atom. The highest BCUT2D eigenvalue weighted by atomic mass is 32.2. The molecular weight excluding hydrogens is 521 g/mol. The summed E-state index contributed by atoms with van der Waals surface area (Å²) in [7, 11) is -2.12. The maximum Gasteiger partial charge on any atom is 0.417 e. The van der Waals surface area contributed by atoms with E-state index in [2.05, 4.69) is 4.72 Å². The summed E-state index contributed by atoms with van der Waals surface area (Å²) in [5, 5.41) is -0.129. The molecule has 1 aromatic heterocycles. The highest BCUT2D eigenvalue weighted by Crippen LogP contribution is 2.43. The van der Waals surface area contributed by atoms with Gasteiger partial charge in [-0.3, -0.25) is 0 Å². The van der Waals surface area contributed by atoms with E-state index in [1.165, 1.54) is 43.7 Å². The van der Waals surface area contributed by atoms with Crippen LogP contribution >= 0.6 is 0 Å². The molecule has 2 aromatic carbocycles. The first kappa shape index (κ1) is 29.2. The maximum atomic E-state index is 15.4. The molecule has 204 valence electrons. The van der Waals surface area contributed by atoms with Gasteiger partial charge in [0.25, 0.3) is 0 Å². The van der Waals surface area contributed by atoms with Crippen molar-refractivity contribution in [3.8, 4) is 11.1 Å². The van der Waals surface area contributed by atoms with Crippen LogP contribution in [0, 0.1) is 11.2 Å². The van der Waals surface area contributed by atoms with Gasteiger partial charge in [-0.1, -0.05) is 39.0 Å². The molecular formula is C26H29F7N2OS. The second kappa shape index (κ2) is 9.72. The molecule has 0 spiro atoms. The minimum atomic E-state index is -4.89. The third-order valence-corrected chi connectivity index (χ3v) is 7.15. The molecule has 0 saturated carbocycles. The fourth-order valence-electron chi connectivity index (χ4n) is 3.97. The van der Waals surface area contributed by atoms with Gasteiger partial charge in [-0.2, -0.15) is 26.3 Å². The molecule has 2 atom stereocenters. The number of hydrogen-bond donors (Lipinski definition) is 1. The van der Waals surface area contributed by atoms with Gasteiger partial charge in [-0.05, 0) is 49.9 Å². The summed E-state index contributed by atoms with van der Waals surface area (Å²) in [4.78, 5) is 0. The summed E-state index contributed by atoms with van der Waals surface area (Å²) in [6.07, 6.45) is -8.45. The molecule has 0 aliphatic carbocycles. The molecule has 0 aliphatic rings. The van der Waals surface area contributed by atoms with Crippen molar-refractivity contribution >= 4 is 21.9 Å². The smallest absolute Gasteiger partial charge is 0.347 e. The van der Waals surface area contributed by atoms with Gasteiger partial charge in [0.1, 0.15) is 11.9 Å². The molecule has 3 nitrogen and oxygen atoms in total. The zero-order valence-corrected chi connectivity index (χ0v) is 22.1. The second-order valence-corrected chi connectivity index (χ2v) is 13.1. The Balaban J connectivity index is 2.33. The van der Waals surface area contributed by atoms with Crippen molar-refractivity contribution in [1.29, 1.82) is 0 Å². The third-order valence-electron chi connectivity index (χ3n) is 5.59. The van der Waals surface area contributed by atoms with E-state index in [9.17, 15) is 30.6 Å². The number of hydrogen-bond acceptors (Lipinski definition) is 1. The predicted molar refractivity (Wildman–Crippen MR) is 132 cm³/mol. The Bertz CT molecular complexity index is 1310. The quantitative estimate of drug-likeness (QED) is 0.320. The van der Waals surface area contributed by atoms with Crippen LogP contribution in [-0.4, -0.2) is 19.7 Å². The summed E-state index contributed by atoms with van der Waals surface area (Å²) >= 11 is 0. The largest absolute Gasteiger partial charge is 0.417 e. The van der Waals surface area contributed by atoms with Crippen molar-refractivity contribution in [2.24, 2.45) is 5.41 Å². The molecule has 0 amide bonds. The fraction of sp³-hybridized carbons (Fsp3) is 0.462. The fourth-order valence-corrected chi connectivity index (χ4v) is 4.80. The van der Waals surface area contributed by atoms with Crippen LogP contribution in [0.15, 0.2) is 42.6 Å². The molecule has 0 radical (unpaired) electrons. The van der Waals surface area contributed by atoms with Crippen molar-refractivity contribution in [3.05, 3.63) is 59.5 Å². The molecule has 1 unspecified atom stereocenters. The predicted octanol–water partition coefficient (Wildman–Crippen LogP) is 8.17. The maximum absolute atomic E-state index is 15.4. The van der Waals surface area contributed by atoms with E-state index in [1.807, 2.05) is 20.8 Å². The lowest BCUT2D eigenvalue weighted by Gasteiger charge is -2.26. The highest BCUT2D eigenvalue weighted by molar-refractivity contribution is 7.84. The van der Waals surface area contributed by atoms with Crippen molar-refractivity contribution in [2.45, 2.75) is 71.2 Å². The molecule has 1 N–H and O–H groups in total. The van der Waals surface area contributed by atoms with Gasteiger partial charge >= 0.3 is 12.4 Å². The van der Waals surface area contributed by atoms with Crippen LogP contribution < -0.4 is 4.72 Å². The van der Waals surface area contributed by atoms with Gasteiger partial charge < -0.3 is 4.57 Å². The Labute approximate surface area is 213 Å². The lowest BCUT2D eigenvalue weighted by Crippen LogP contribution is -2.41. The van der Waals surface area contributed by atoms with E-state index >= 15 is 4.39 Å². The van der Waals surface area contributed by atoms with Gasteiger partial charge in [0.05, 0.1) is 21.3 Å². The zero-order chi connectivity index (χ0) is 28.1. The number of nitrogens with zero attached hydrogens (tertiary/aromatic N) is 1. The van der Waals surface area contributed by atoms with E-state index < -0.39 is 56.5 Å². The van der Waals surface area contributed by atoms with Crippen molar-refractivity contribution in [3.63, 3.8) is 0 Å². The summed E-state index contributed by atoms with van der Waals surface area (Å²) in [6.45, 7) is 10.3. The summed E-state index contributed by atoms with van der Waals surface area (Å²) < 4.78 is 114. The van der Waals surface area contributed by atoms with Crippen LogP contribution in [0.2, 0.25) is 0 Å². The summed E-state index contributed by atoms with van der Waals surface area (Å²) in [5.74, 6) is -1.10. The van der Waals surface area contributed by atoms with E-state index in [-0.39, 0.29) is 28.6 Å². The average Bonchev–Trinajstić information content (AvgIpc) is 3.04. The van der Waals surface area contributed by atoms with Crippen LogP contribution in [0.5, 0.6) is 0 Å². The standard InChI is InChI=1S/C26H29F7N2OS/c1-23(2,3)14-35-13-18(22(26(31,32)33)34-37(36)24(4,5)6)17-11-20(27)16(12-21(17)35)15-9-7-8-10-19(15)25(28,29)30/h7-13,22,34H,14H2,1-6H3/t22-,37?/m0/s1. The topological polar surface area (TPSA) is 34.0 Å². The van der Waals surface area contributed by atoms with Crippen LogP contribution in [0.3, 0.4) is 0 Å². The van der Waals surface area contributed by atoms with Crippen molar-refractivity contribution in [2.75, 3.05) is 0 Å². The van der Waals surface area contributed by atoms with Crippen molar-refractivity contribution < 1.29 is 34.9 Å². The molecule has 0 bridgehead atoms. The molecule has 0 aliphatic heterocycles.